The van der Waals surface area contributed by atoms with E-state index >= 15 is 0 Å². The van der Waals surface area contributed by atoms with Crippen molar-refractivity contribution in [1.82, 2.24) is 0 Å². The number of hydrogen-bond donors (Lipinski definition) is 0. The van der Waals surface area contributed by atoms with E-state index in [1.54, 1.807) is 0 Å². The molecule has 0 radical (unpaired) electrons. The standard InChI is InChI=1S/C16H26S/c1-12(2)11-15(3,4)13-7-9-14(10-8-13)16(5,6)17/h7-10,12,17H,11H2,1-6H3/p+1. The summed E-state index contributed by atoms with van der Waals surface area (Å²) in [7, 11) is 0. The first-order chi connectivity index (χ1) is 7.63. The Labute approximate surface area is 112 Å². The van der Waals surface area contributed by atoms with Gasteiger partial charge in [-0.05, 0) is 49.8 Å². The van der Waals surface area contributed by atoms with Crippen LogP contribution in [-0.4, -0.2) is 0 Å². The third-order valence-electron chi connectivity index (χ3n) is 3.31. The van der Waals surface area contributed by atoms with Crippen LogP contribution in [-0.2, 0) is 22.8 Å². The predicted octanol–water partition coefficient (Wildman–Crippen LogP) is 4.26. The van der Waals surface area contributed by atoms with Gasteiger partial charge in [0.1, 0.15) is 4.75 Å². The van der Waals surface area contributed by atoms with Crippen molar-refractivity contribution in [2.24, 2.45) is 5.92 Å². The van der Waals surface area contributed by atoms with Crippen LogP contribution in [0.1, 0.15) is 59.1 Å². The van der Waals surface area contributed by atoms with Crippen LogP contribution >= 0.6 is 0 Å². The van der Waals surface area contributed by atoms with Crippen LogP contribution in [0.2, 0.25) is 0 Å². The molecule has 1 heteroatoms. The maximum atomic E-state index is 3.76. The molecule has 0 nitrogen and oxygen atoms in total. The lowest BCUT2D eigenvalue weighted by Gasteiger charge is -2.28. The van der Waals surface area contributed by atoms with Gasteiger partial charge < -0.3 is 0 Å². The Morgan fingerprint density at radius 2 is 1.35 bits per heavy atom. The average molecular weight is 251 g/mol. The van der Waals surface area contributed by atoms with Crippen molar-refractivity contribution in [3.8, 4) is 0 Å². The molecular weight excluding hydrogens is 224 g/mol. The smallest absolute Gasteiger partial charge is 0.0627 e. The second-order valence-electron chi connectivity index (χ2n) is 6.68. The molecule has 0 aliphatic heterocycles. The van der Waals surface area contributed by atoms with E-state index in [9.17, 15) is 0 Å². The summed E-state index contributed by atoms with van der Waals surface area (Å²) in [5, 5.41) is 0. The van der Waals surface area contributed by atoms with Crippen LogP contribution < -0.4 is 0 Å². The van der Waals surface area contributed by atoms with Crippen molar-refractivity contribution in [3.63, 3.8) is 0 Å². The van der Waals surface area contributed by atoms with Gasteiger partial charge in [0.25, 0.3) is 0 Å². The lowest BCUT2D eigenvalue weighted by Crippen LogP contribution is -2.20. The van der Waals surface area contributed by atoms with Gasteiger partial charge in [-0.2, -0.15) is 0 Å². The SMILES string of the molecule is CC(C)CC(C)(C)c1ccc(C(C)(C)[SH2+])cc1. The Bertz CT molecular complexity index is 352. The van der Waals surface area contributed by atoms with E-state index in [2.05, 4.69) is 78.4 Å². The minimum atomic E-state index is 0.0563. The molecule has 0 amide bonds. The van der Waals surface area contributed by atoms with E-state index < -0.39 is 0 Å². The quantitative estimate of drug-likeness (QED) is 0.702. The summed E-state index contributed by atoms with van der Waals surface area (Å²) in [6.45, 7) is 13.6. The zero-order valence-corrected chi connectivity index (χ0v) is 13.1. The van der Waals surface area contributed by atoms with Gasteiger partial charge in [-0.15, -0.1) is 0 Å². The third-order valence-corrected chi connectivity index (χ3v) is 3.60. The molecule has 0 aromatic heterocycles. The summed E-state index contributed by atoms with van der Waals surface area (Å²) < 4.78 is 0.0563. The maximum absolute atomic E-state index is 3.76. The number of benzene rings is 1. The predicted molar refractivity (Wildman–Crippen MR) is 82.1 cm³/mol. The summed E-state index contributed by atoms with van der Waals surface area (Å²) in [4.78, 5) is 0. The van der Waals surface area contributed by atoms with Crippen molar-refractivity contribution in [3.05, 3.63) is 35.4 Å². The Morgan fingerprint density at radius 3 is 1.71 bits per heavy atom. The summed E-state index contributed by atoms with van der Waals surface area (Å²) in [5.41, 5.74) is 3.03. The molecule has 1 rings (SSSR count). The molecule has 0 saturated heterocycles. The summed E-state index contributed by atoms with van der Waals surface area (Å²) in [6.07, 6.45) is 1.23. The Kier molecular flexibility index (Phi) is 4.35. The molecule has 0 N–H and O–H groups in total. The second kappa shape index (κ2) is 5.06. The van der Waals surface area contributed by atoms with Crippen LogP contribution in [0.15, 0.2) is 24.3 Å². The molecule has 0 heterocycles. The molecule has 0 aliphatic rings. The van der Waals surface area contributed by atoms with Gasteiger partial charge in [0.15, 0.2) is 0 Å². The van der Waals surface area contributed by atoms with Gasteiger partial charge in [0, 0.05) is 5.56 Å². The lowest BCUT2D eigenvalue weighted by atomic mass is 9.77. The molecule has 0 unspecified atom stereocenters. The normalized spacial score (nSPS) is 13.2. The fourth-order valence-corrected chi connectivity index (χ4v) is 2.64. The highest BCUT2D eigenvalue weighted by Crippen LogP contribution is 2.31. The maximum Gasteiger partial charge on any atom is 0.143 e. The van der Waals surface area contributed by atoms with Gasteiger partial charge in [-0.25, -0.2) is 0 Å². The lowest BCUT2D eigenvalue weighted by molar-refractivity contribution is 0.399. The van der Waals surface area contributed by atoms with Crippen molar-refractivity contribution in [1.29, 1.82) is 0 Å². The first-order valence-electron chi connectivity index (χ1n) is 6.49. The molecule has 96 valence electrons. The van der Waals surface area contributed by atoms with Crippen molar-refractivity contribution < 1.29 is 0 Å². The van der Waals surface area contributed by atoms with Gasteiger partial charge in [0.2, 0.25) is 0 Å². The van der Waals surface area contributed by atoms with Crippen LogP contribution in [0.25, 0.3) is 0 Å². The molecule has 0 fully saturated rings. The highest BCUT2D eigenvalue weighted by atomic mass is 32.1. The van der Waals surface area contributed by atoms with E-state index in [4.69, 9.17) is 0 Å². The van der Waals surface area contributed by atoms with E-state index in [0.717, 1.165) is 5.92 Å². The summed E-state index contributed by atoms with van der Waals surface area (Å²) in [6, 6.07) is 9.04. The summed E-state index contributed by atoms with van der Waals surface area (Å²) in [5.74, 6) is 0.733. The van der Waals surface area contributed by atoms with Gasteiger partial charge in [0.05, 0.1) is 0 Å². The van der Waals surface area contributed by atoms with E-state index in [0.29, 0.717) is 0 Å². The second-order valence-corrected chi connectivity index (χ2v) is 7.93. The zero-order valence-electron chi connectivity index (χ0n) is 12.1. The molecule has 0 atom stereocenters. The third kappa shape index (κ3) is 4.06. The molecular formula is C16H27S+. The highest BCUT2D eigenvalue weighted by Gasteiger charge is 2.24. The van der Waals surface area contributed by atoms with Crippen LogP contribution in [0.5, 0.6) is 0 Å². The first-order valence-corrected chi connectivity index (χ1v) is 6.99. The highest BCUT2D eigenvalue weighted by molar-refractivity contribution is 7.59. The van der Waals surface area contributed by atoms with E-state index in [1.165, 1.54) is 17.5 Å². The van der Waals surface area contributed by atoms with Crippen molar-refractivity contribution >= 4 is 12.6 Å². The van der Waals surface area contributed by atoms with Gasteiger partial charge in [-0.3, -0.25) is 0 Å². The Hall–Kier alpha value is -0.430. The fourth-order valence-electron chi connectivity index (χ4n) is 2.48. The molecule has 1 aromatic carbocycles. The topological polar surface area (TPSA) is 0 Å². The van der Waals surface area contributed by atoms with Gasteiger partial charge >= 0.3 is 0 Å². The molecule has 1 aromatic rings. The van der Waals surface area contributed by atoms with Crippen molar-refractivity contribution in [2.45, 2.75) is 58.1 Å². The van der Waals surface area contributed by atoms with Crippen molar-refractivity contribution in [2.75, 3.05) is 0 Å². The number of hydrogen-bond acceptors (Lipinski definition) is 0. The molecule has 0 spiro atoms. The van der Waals surface area contributed by atoms with E-state index in [-0.39, 0.29) is 10.2 Å². The minimum absolute atomic E-state index is 0.0563. The van der Waals surface area contributed by atoms with Crippen LogP contribution in [0.3, 0.4) is 0 Å². The zero-order chi connectivity index (χ0) is 13.3. The first kappa shape index (κ1) is 14.6. The largest absolute Gasteiger partial charge is 0.143 e. The Morgan fingerprint density at radius 1 is 0.941 bits per heavy atom. The summed E-state index contributed by atoms with van der Waals surface area (Å²) >= 11 is 3.76. The molecule has 0 bridgehead atoms. The average Bonchev–Trinajstić information content (AvgIpc) is 2.14. The molecule has 0 saturated carbocycles. The van der Waals surface area contributed by atoms with Crippen LogP contribution in [0, 0.1) is 5.92 Å². The fraction of sp³-hybridized carbons (Fsp3) is 0.625. The minimum Gasteiger partial charge on any atom is -0.0627 e. The van der Waals surface area contributed by atoms with E-state index in [1.807, 2.05) is 0 Å². The molecule has 17 heavy (non-hydrogen) atoms. The monoisotopic (exact) mass is 251 g/mol. The van der Waals surface area contributed by atoms with Gasteiger partial charge in [-0.1, -0.05) is 52.0 Å². The van der Waals surface area contributed by atoms with Crippen LogP contribution in [0.4, 0.5) is 0 Å². The molecule has 0 aliphatic carbocycles. The Balaban J connectivity index is 2.94. The number of rotatable bonds is 4.